The van der Waals surface area contributed by atoms with Gasteiger partial charge in [-0.15, -0.1) is 5.10 Å². The van der Waals surface area contributed by atoms with Crippen LogP contribution in [0.1, 0.15) is 22.6 Å². The van der Waals surface area contributed by atoms with E-state index in [0.29, 0.717) is 45.2 Å². The summed E-state index contributed by atoms with van der Waals surface area (Å²) in [6.07, 6.45) is 1.60. The number of nitrogens with zero attached hydrogens (tertiary/aromatic N) is 5. The molecule has 0 saturated carbocycles. The maximum atomic E-state index is 13.7. The van der Waals surface area contributed by atoms with Crippen molar-refractivity contribution in [2.24, 2.45) is 0 Å². The zero-order valence-corrected chi connectivity index (χ0v) is 25.3. The van der Waals surface area contributed by atoms with Gasteiger partial charge in [0.05, 0.1) is 28.1 Å². The van der Waals surface area contributed by atoms with E-state index in [-0.39, 0.29) is 0 Å². The van der Waals surface area contributed by atoms with Crippen molar-refractivity contribution in [3.8, 4) is 34.1 Å². The predicted molar refractivity (Wildman–Crippen MR) is 174 cm³/mol. The molecule has 0 bridgehead atoms. The second-order valence-electron chi connectivity index (χ2n) is 10.9. The van der Waals surface area contributed by atoms with Crippen LogP contribution in [0.2, 0.25) is 0 Å². The summed E-state index contributed by atoms with van der Waals surface area (Å²) in [7, 11) is 3.97. The van der Waals surface area contributed by atoms with Gasteiger partial charge in [0.15, 0.2) is 17.2 Å². The largest absolute Gasteiger partial charge is 0.437 e. The fourth-order valence-electron chi connectivity index (χ4n) is 5.89. The summed E-state index contributed by atoms with van der Waals surface area (Å²) in [6.45, 7) is 0. The molecule has 7 aromatic rings. The molecule has 0 amide bonds. The Morgan fingerprint density at radius 3 is 2.34 bits per heavy atom. The molecule has 4 heterocycles. The molecule has 0 aliphatic carbocycles. The van der Waals surface area contributed by atoms with Gasteiger partial charge in [0, 0.05) is 24.1 Å². The topological polar surface area (TPSA) is 85.8 Å². The van der Waals surface area contributed by atoms with Crippen LogP contribution in [0.3, 0.4) is 0 Å². The fourth-order valence-corrected chi connectivity index (χ4v) is 6.64. The quantitative estimate of drug-likeness (QED) is 0.182. The highest BCUT2D eigenvalue weighted by molar-refractivity contribution is 9.10. The number of para-hydroxylation sites is 1. The predicted octanol–water partition coefficient (Wildman–Crippen LogP) is 7.68. The van der Waals surface area contributed by atoms with Crippen LogP contribution in [-0.4, -0.2) is 33.7 Å². The first-order valence-corrected chi connectivity index (χ1v) is 14.9. The Balaban J connectivity index is 1.33. The maximum absolute atomic E-state index is 13.7. The van der Waals surface area contributed by atoms with E-state index in [1.165, 1.54) is 0 Å². The fraction of sp³-hybridized carbons (Fsp3) is 0.0857. The number of anilines is 1. The highest BCUT2D eigenvalue weighted by Gasteiger charge is 2.37. The van der Waals surface area contributed by atoms with Gasteiger partial charge in [-0.3, -0.25) is 0 Å². The summed E-state index contributed by atoms with van der Waals surface area (Å²) in [5, 5.41) is 5.47. The third-order valence-corrected chi connectivity index (χ3v) is 8.63. The van der Waals surface area contributed by atoms with E-state index >= 15 is 0 Å². The Morgan fingerprint density at radius 1 is 0.841 bits per heavy atom. The molecule has 0 saturated heterocycles. The van der Waals surface area contributed by atoms with Crippen molar-refractivity contribution in [2.45, 2.75) is 5.92 Å². The molecule has 9 heteroatoms. The molecule has 3 aromatic heterocycles. The van der Waals surface area contributed by atoms with Crippen LogP contribution in [-0.2, 0) is 0 Å². The Bertz CT molecular complexity index is 2280. The van der Waals surface area contributed by atoms with Crippen molar-refractivity contribution in [3.05, 3.63) is 135 Å². The lowest BCUT2D eigenvalue weighted by atomic mass is 9.84. The molecule has 1 aliphatic heterocycles. The molecule has 4 aromatic carbocycles. The second-order valence-corrected chi connectivity index (χ2v) is 11.7. The van der Waals surface area contributed by atoms with E-state index in [4.69, 9.17) is 19.2 Å². The standard InChI is InChI=1S/C35H24BrN5O3/c1-40(2)26-17-16-23(18-25(26)36)28-29-31(24-10-6-7-11-27(24)43-35(29)42)44-34-30(28)33-38-32(39-41(33)19-37-34)22-14-12-21(13-15-22)20-8-4-3-5-9-20/h3-19,28H,1-2H3. The molecule has 0 spiro atoms. The smallest absolute Gasteiger partial charge is 0.344 e. The van der Waals surface area contributed by atoms with Crippen LogP contribution in [0, 0.1) is 0 Å². The molecule has 44 heavy (non-hydrogen) atoms. The second kappa shape index (κ2) is 10.2. The number of ether oxygens (including phenoxy) is 1. The van der Waals surface area contributed by atoms with Gasteiger partial charge >= 0.3 is 5.63 Å². The maximum Gasteiger partial charge on any atom is 0.344 e. The molecule has 1 unspecified atom stereocenters. The first-order chi connectivity index (χ1) is 21.5. The SMILES string of the molecule is CN(C)c1ccc(C2c3c(c4ccccc4oc3=O)Oc3ncn4nc(-c5ccc(-c6ccccc6)cc5)nc4c32)cc1Br. The number of benzene rings is 4. The van der Waals surface area contributed by atoms with Gasteiger partial charge in [0.25, 0.3) is 0 Å². The summed E-state index contributed by atoms with van der Waals surface area (Å²) >= 11 is 3.74. The van der Waals surface area contributed by atoms with Crippen LogP contribution in [0.25, 0.3) is 39.1 Å². The van der Waals surface area contributed by atoms with Crippen molar-refractivity contribution in [1.29, 1.82) is 0 Å². The van der Waals surface area contributed by atoms with Gasteiger partial charge in [0.2, 0.25) is 5.88 Å². The minimum absolute atomic E-state index is 0.372. The van der Waals surface area contributed by atoms with E-state index in [1.54, 1.807) is 16.9 Å². The minimum atomic E-state index is -0.573. The van der Waals surface area contributed by atoms with Crippen molar-refractivity contribution < 1.29 is 9.15 Å². The van der Waals surface area contributed by atoms with Crippen molar-refractivity contribution in [1.82, 2.24) is 19.6 Å². The number of halogens is 1. The molecule has 1 aliphatic rings. The van der Waals surface area contributed by atoms with E-state index in [2.05, 4.69) is 45.2 Å². The van der Waals surface area contributed by atoms with Crippen molar-refractivity contribution >= 4 is 38.2 Å². The number of fused-ring (bicyclic) bond motifs is 6. The van der Waals surface area contributed by atoms with Gasteiger partial charge in [-0.25, -0.2) is 19.3 Å². The summed E-state index contributed by atoms with van der Waals surface area (Å²) < 4.78 is 14.8. The summed E-state index contributed by atoms with van der Waals surface area (Å²) in [5.74, 6) is 0.780. The van der Waals surface area contributed by atoms with Gasteiger partial charge in [-0.2, -0.15) is 0 Å². The molecular weight excluding hydrogens is 618 g/mol. The molecule has 0 N–H and O–H groups in total. The zero-order chi connectivity index (χ0) is 29.9. The van der Waals surface area contributed by atoms with Crippen molar-refractivity contribution in [2.75, 3.05) is 19.0 Å². The van der Waals surface area contributed by atoms with Gasteiger partial charge in [-0.1, -0.05) is 72.8 Å². The Morgan fingerprint density at radius 2 is 1.57 bits per heavy atom. The summed E-state index contributed by atoms with van der Waals surface area (Å²) in [5.41, 5.74) is 6.54. The van der Waals surface area contributed by atoms with E-state index in [1.807, 2.05) is 85.7 Å². The average Bonchev–Trinajstić information content (AvgIpc) is 3.49. The van der Waals surface area contributed by atoms with E-state index < -0.39 is 11.5 Å². The lowest BCUT2D eigenvalue weighted by molar-refractivity contribution is 0.422. The summed E-state index contributed by atoms with van der Waals surface area (Å²) in [6, 6.07) is 31.8. The third kappa shape index (κ3) is 4.19. The summed E-state index contributed by atoms with van der Waals surface area (Å²) in [4.78, 5) is 25.4. The van der Waals surface area contributed by atoms with Gasteiger partial charge in [0.1, 0.15) is 11.9 Å². The average molecular weight is 643 g/mol. The number of hydrogen-bond acceptors (Lipinski definition) is 7. The number of hydrogen-bond donors (Lipinski definition) is 0. The normalized spacial score (nSPS) is 13.8. The molecule has 0 fully saturated rings. The van der Waals surface area contributed by atoms with Crippen LogP contribution in [0.15, 0.2) is 117 Å². The molecule has 0 radical (unpaired) electrons. The lowest BCUT2D eigenvalue weighted by Crippen LogP contribution is -2.22. The van der Waals surface area contributed by atoms with Gasteiger partial charge in [-0.05, 0) is 56.9 Å². The minimum Gasteiger partial charge on any atom is -0.437 e. The van der Waals surface area contributed by atoms with Gasteiger partial charge < -0.3 is 14.1 Å². The van der Waals surface area contributed by atoms with Crippen LogP contribution >= 0.6 is 15.9 Å². The van der Waals surface area contributed by atoms with Crippen LogP contribution in [0.5, 0.6) is 11.6 Å². The number of rotatable bonds is 4. The first-order valence-electron chi connectivity index (χ1n) is 14.1. The van der Waals surface area contributed by atoms with E-state index in [9.17, 15) is 4.79 Å². The molecule has 8 rings (SSSR count). The zero-order valence-electron chi connectivity index (χ0n) is 23.7. The lowest BCUT2D eigenvalue weighted by Gasteiger charge is -2.28. The first kappa shape index (κ1) is 26.4. The molecule has 214 valence electrons. The third-order valence-electron chi connectivity index (χ3n) is 8.00. The van der Waals surface area contributed by atoms with E-state index in [0.717, 1.165) is 32.4 Å². The highest BCUT2D eigenvalue weighted by Crippen LogP contribution is 2.49. The molecular formula is C35H24BrN5O3. The van der Waals surface area contributed by atoms with Crippen molar-refractivity contribution in [3.63, 3.8) is 0 Å². The van der Waals surface area contributed by atoms with Crippen LogP contribution in [0.4, 0.5) is 5.69 Å². The van der Waals surface area contributed by atoms with Crippen LogP contribution < -0.4 is 15.3 Å². The number of aromatic nitrogens is 4. The Kier molecular flexibility index (Phi) is 6.09. The molecule has 8 nitrogen and oxygen atoms in total. The monoisotopic (exact) mass is 641 g/mol. The molecule has 1 atom stereocenters. The Hall–Kier alpha value is -5.28. The Labute approximate surface area is 260 Å². The highest BCUT2D eigenvalue weighted by atomic mass is 79.9.